The average Bonchev–Trinajstić information content (AvgIpc) is 3.46. The van der Waals surface area contributed by atoms with E-state index in [2.05, 4.69) is 65.6 Å². The van der Waals surface area contributed by atoms with Crippen LogP contribution in [0.3, 0.4) is 0 Å². The molecule has 17 heteroatoms. The Labute approximate surface area is 312 Å². The second kappa shape index (κ2) is 16.8. The van der Waals surface area contributed by atoms with Crippen molar-refractivity contribution < 1.29 is 22.8 Å². The fourth-order valence-electron chi connectivity index (χ4n) is 7.04. The number of urea groups is 1. The highest BCUT2D eigenvalue weighted by molar-refractivity contribution is 7.97. The monoisotopic (exact) mass is 755 g/mol. The molecule has 0 saturated carbocycles. The summed E-state index contributed by atoms with van der Waals surface area (Å²) in [4.78, 5) is 37.1. The van der Waals surface area contributed by atoms with Gasteiger partial charge in [0.1, 0.15) is 0 Å². The molecule has 0 aliphatic carbocycles. The third-order valence-corrected chi connectivity index (χ3v) is 11.2. The molecule has 3 aliphatic heterocycles. The van der Waals surface area contributed by atoms with Gasteiger partial charge in [0.15, 0.2) is 5.84 Å². The Morgan fingerprint density at radius 1 is 1.00 bits per heavy atom. The second-order valence-corrected chi connectivity index (χ2v) is 15.5. The van der Waals surface area contributed by atoms with Crippen molar-refractivity contribution in [1.82, 2.24) is 44.2 Å². The molecule has 3 fully saturated rings. The maximum Gasteiger partial charge on any atom is 0.419 e. The van der Waals surface area contributed by atoms with Gasteiger partial charge in [0.2, 0.25) is 11.9 Å². The minimum atomic E-state index is -4.45. The van der Waals surface area contributed by atoms with Crippen LogP contribution < -0.4 is 10.6 Å². The number of likely N-dealkylation sites (tertiary alicyclic amines) is 1. The molecule has 1 aromatic carbocycles. The first-order valence-corrected chi connectivity index (χ1v) is 18.9. The zero-order valence-electron chi connectivity index (χ0n) is 30.6. The largest absolute Gasteiger partial charge is 0.419 e. The van der Waals surface area contributed by atoms with E-state index in [1.165, 1.54) is 10.5 Å². The number of aromatic nitrogens is 4. The number of nitrogens with zero attached hydrogens (tertiary/aromatic N) is 9. The van der Waals surface area contributed by atoms with Crippen LogP contribution in [-0.4, -0.2) is 116 Å². The standard InChI is InChI=1S/C36H48F3N11O2S/c1-24(23-50-25(2)31(21-42-50)53-48-16-11-30(12-17-48)43-34-40-19-29(20-41-34)36(37,38)39)22-47-14-9-27(10-15-47)26-5-7-28(8-6-26)33(45-46(3)4)49-18-13-32(51)44-35(49)52/h5-8,19-21,24,27,30H,9-18,22-23H2,1-4H3,(H,40,41,43)(H,44,51,52)/b45-33+. The van der Waals surface area contributed by atoms with E-state index in [1.54, 1.807) is 17.0 Å². The van der Waals surface area contributed by atoms with Gasteiger partial charge < -0.3 is 15.2 Å². The fourth-order valence-corrected chi connectivity index (χ4v) is 8.04. The number of piperidine rings is 2. The first kappa shape index (κ1) is 38.5. The van der Waals surface area contributed by atoms with Gasteiger partial charge in [-0.15, -0.1) is 0 Å². The van der Waals surface area contributed by atoms with Crippen LogP contribution in [0.2, 0.25) is 0 Å². The summed E-state index contributed by atoms with van der Waals surface area (Å²) in [6.45, 7) is 10.3. The van der Waals surface area contributed by atoms with E-state index < -0.39 is 17.8 Å². The van der Waals surface area contributed by atoms with Gasteiger partial charge in [0, 0.05) is 77.2 Å². The Bertz CT molecular complexity index is 1730. The minimum Gasteiger partial charge on any atom is -0.351 e. The van der Waals surface area contributed by atoms with Crippen LogP contribution in [-0.2, 0) is 17.5 Å². The number of hydrogen-bond donors (Lipinski definition) is 2. The summed E-state index contributed by atoms with van der Waals surface area (Å²) < 4.78 is 42.9. The van der Waals surface area contributed by atoms with Crippen LogP contribution in [0, 0.1) is 12.8 Å². The Morgan fingerprint density at radius 2 is 1.68 bits per heavy atom. The Kier molecular flexibility index (Phi) is 12.2. The van der Waals surface area contributed by atoms with Crippen LogP contribution in [0.4, 0.5) is 23.9 Å². The third kappa shape index (κ3) is 10.1. The number of amides is 3. The Morgan fingerprint density at radius 3 is 2.30 bits per heavy atom. The van der Waals surface area contributed by atoms with Gasteiger partial charge in [-0.25, -0.2) is 19.1 Å². The predicted octanol–water partition coefficient (Wildman–Crippen LogP) is 5.26. The molecule has 0 radical (unpaired) electrons. The lowest BCUT2D eigenvalue weighted by Gasteiger charge is -2.34. The summed E-state index contributed by atoms with van der Waals surface area (Å²) in [5.74, 6) is 1.37. The van der Waals surface area contributed by atoms with Gasteiger partial charge in [-0.1, -0.05) is 31.2 Å². The number of rotatable bonds is 11. The molecule has 286 valence electrons. The number of amidine groups is 1. The number of carbonyl (C=O) groups is 2. The molecule has 5 heterocycles. The molecule has 13 nitrogen and oxygen atoms in total. The molecule has 3 saturated heterocycles. The van der Waals surface area contributed by atoms with Crippen molar-refractivity contribution in [2.45, 2.75) is 75.5 Å². The highest BCUT2D eigenvalue weighted by atomic mass is 32.2. The van der Waals surface area contributed by atoms with Crippen LogP contribution in [0.15, 0.2) is 52.9 Å². The van der Waals surface area contributed by atoms with E-state index in [4.69, 9.17) is 5.10 Å². The molecule has 6 rings (SSSR count). The van der Waals surface area contributed by atoms with Crippen LogP contribution >= 0.6 is 11.9 Å². The normalized spacial score (nSPS) is 19.4. The molecule has 3 aromatic rings. The summed E-state index contributed by atoms with van der Waals surface area (Å²) >= 11 is 1.71. The van der Waals surface area contributed by atoms with Gasteiger partial charge in [0.25, 0.3) is 0 Å². The fraction of sp³-hybridized carbons (Fsp3) is 0.556. The van der Waals surface area contributed by atoms with E-state index in [1.807, 2.05) is 32.4 Å². The van der Waals surface area contributed by atoms with Crippen molar-refractivity contribution >= 4 is 35.7 Å². The van der Waals surface area contributed by atoms with Gasteiger partial charge in [-0.2, -0.15) is 23.4 Å². The smallest absolute Gasteiger partial charge is 0.351 e. The van der Waals surface area contributed by atoms with Crippen molar-refractivity contribution in [2.75, 3.05) is 58.7 Å². The first-order valence-electron chi connectivity index (χ1n) is 18.1. The lowest BCUT2D eigenvalue weighted by molar-refractivity contribution is -0.138. The number of carbonyl (C=O) groups excluding carboxylic acids is 2. The molecule has 1 unspecified atom stereocenters. The van der Waals surface area contributed by atoms with Gasteiger partial charge in [-0.3, -0.25) is 19.7 Å². The van der Waals surface area contributed by atoms with Gasteiger partial charge >= 0.3 is 12.2 Å². The maximum absolute atomic E-state index is 12.8. The summed E-state index contributed by atoms with van der Waals surface area (Å²) in [5.41, 5.74) is 2.42. The van der Waals surface area contributed by atoms with E-state index in [9.17, 15) is 22.8 Å². The lowest BCUT2D eigenvalue weighted by atomic mass is 9.88. The zero-order chi connectivity index (χ0) is 37.7. The number of imide groups is 1. The molecule has 53 heavy (non-hydrogen) atoms. The summed E-state index contributed by atoms with van der Waals surface area (Å²) in [5, 5.41) is 16.5. The van der Waals surface area contributed by atoms with Crippen molar-refractivity contribution in [3.8, 4) is 0 Å². The topological polar surface area (TPSA) is 127 Å². The van der Waals surface area contributed by atoms with E-state index in [-0.39, 0.29) is 24.3 Å². The number of nitrogens with one attached hydrogen (secondary N) is 2. The molecule has 1 atom stereocenters. The SMILES string of the molecule is Cc1c(SN2CCC(Nc3ncc(C(F)(F)F)cn3)CC2)cnn1CC(C)CN1CCC(c2ccc(/C(=N\N(C)C)N3CCC(=O)NC3=O)cc2)CC1. The number of hydrazone groups is 1. The summed E-state index contributed by atoms with van der Waals surface area (Å²) in [6, 6.07) is 7.99. The van der Waals surface area contributed by atoms with Gasteiger partial charge in [-0.05, 0) is 75.0 Å². The molecule has 3 amide bonds. The Balaban J connectivity index is 0.934. The predicted molar refractivity (Wildman–Crippen MR) is 197 cm³/mol. The average molecular weight is 756 g/mol. The van der Waals surface area contributed by atoms with E-state index >= 15 is 0 Å². The highest BCUT2D eigenvalue weighted by Crippen LogP contribution is 2.32. The van der Waals surface area contributed by atoms with Crippen LogP contribution in [0.25, 0.3) is 0 Å². The van der Waals surface area contributed by atoms with Crippen molar-refractivity contribution in [1.29, 1.82) is 0 Å². The minimum absolute atomic E-state index is 0.102. The zero-order valence-corrected chi connectivity index (χ0v) is 31.5. The summed E-state index contributed by atoms with van der Waals surface area (Å²) in [6.07, 6.45) is 3.19. The number of halogens is 3. The first-order chi connectivity index (χ1) is 25.3. The van der Waals surface area contributed by atoms with Gasteiger partial charge in [0.05, 0.1) is 22.3 Å². The van der Waals surface area contributed by atoms with Crippen LogP contribution in [0.1, 0.15) is 67.3 Å². The molecule has 0 spiro atoms. The second-order valence-electron chi connectivity index (χ2n) is 14.3. The lowest BCUT2D eigenvalue weighted by Crippen LogP contribution is -2.52. The molecular weight excluding hydrogens is 708 g/mol. The Hall–Kier alpha value is -4.22. The number of hydrogen-bond acceptors (Lipinski definition) is 11. The van der Waals surface area contributed by atoms with E-state index in [0.717, 1.165) is 93.5 Å². The number of benzene rings is 1. The number of anilines is 1. The van der Waals surface area contributed by atoms with E-state index in [0.29, 0.717) is 24.2 Å². The van der Waals surface area contributed by atoms with Crippen molar-refractivity contribution in [3.63, 3.8) is 0 Å². The molecular formula is C36H48F3N11O2S. The molecule has 0 bridgehead atoms. The highest BCUT2D eigenvalue weighted by Gasteiger charge is 2.32. The van der Waals surface area contributed by atoms with Crippen molar-refractivity contribution in [3.05, 3.63) is 65.2 Å². The van der Waals surface area contributed by atoms with Crippen LogP contribution in [0.5, 0.6) is 0 Å². The maximum atomic E-state index is 12.8. The number of alkyl halides is 3. The molecule has 3 aliphatic rings. The third-order valence-electron chi connectivity index (χ3n) is 9.94. The molecule has 2 aromatic heterocycles. The van der Waals surface area contributed by atoms with Crippen molar-refractivity contribution in [2.24, 2.45) is 11.0 Å². The summed E-state index contributed by atoms with van der Waals surface area (Å²) in [7, 11) is 3.62. The molecule has 2 N–H and O–H groups in total. The quantitative estimate of drug-likeness (QED) is 0.116.